The fourth-order valence-corrected chi connectivity index (χ4v) is 5.18. The van der Waals surface area contributed by atoms with Crippen molar-refractivity contribution in [3.05, 3.63) is 80.7 Å². The maximum Gasteiger partial charge on any atom is 0.331 e. The van der Waals surface area contributed by atoms with Gasteiger partial charge in [0.1, 0.15) is 5.82 Å². The lowest BCUT2D eigenvalue weighted by molar-refractivity contribution is 0.191. The van der Waals surface area contributed by atoms with Crippen molar-refractivity contribution in [1.29, 1.82) is 0 Å². The van der Waals surface area contributed by atoms with Crippen LogP contribution in [0.5, 0.6) is 0 Å². The summed E-state index contributed by atoms with van der Waals surface area (Å²) in [5, 5.41) is 0.576. The molecule has 2 aliphatic rings. The summed E-state index contributed by atoms with van der Waals surface area (Å²) in [5.74, 6) is 1.53. The summed E-state index contributed by atoms with van der Waals surface area (Å²) in [6.45, 7) is 3.06. The van der Waals surface area contributed by atoms with Crippen LogP contribution in [0.15, 0.2) is 58.1 Å². The minimum Gasteiger partial charge on any atom is -0.301 e. The Morgan fingerprint density at radius 1 is 1.00 bits per heavy atom. The summed E-state index contributed by atoms with van der Waals surface area (Å²) in [5.41, 5.74) is 1.41. The van der Waals surface area contributed by atoms with E-state index in [1.807, 2.05) is 24.3 Å². The van der Waals surface area contributed by atoms with Gasteiger partial charge in [0.2, 0.25) is 0 Å². The van der Waals surface area contributed by atoms with Gasteiger partial charge in [-0.2, -0.15) is 0 Å². The van der Waals surface area contributed by atoms with E-state index in [0.717, 1.165) is 19.5 Å². The Hall–Kier alpha value is -2.73. The van der Waals surface area contributed by atoms with Crippen molar-refractivity contribution in [2.24, 2.45) is 18.9 Å². The largest absolute Gasteiger partial charge is 0.331 e. The smallest absolute Gasteiger partial charge is 0.301 e. The van der Waals surface area contributed by atoms with E-state index in [2.05, 4.69) is 4.90 Å². The molecule has 6 heteroatoms. The third kappa shape index (κ3) is 3.02. The van der Waals surface area contributed by atoms with E-state index in [4.69, 9.17) is 0 Å². The molecule has 2 aromatic carbocycles. The van der Waals surface area contributed by atoms with Crippen LogP contribution < -0.4 is 11.2 Å². The van der Waals surface area contributed by atoms with Gasteiger partial charge < -0.3 is 4.90 Å². The molecule has 150 valence electrons. The van der Waals surface area contributed by atoms with Crippen LogP contribution in [0.1, 0.15) is 17.9 Å². The second-order valence-electron chi connectivity index (χ2n) is 8.39. The highest BCUT2D eigenvalue weighted by Crippen LogP contribution is 2.51. The van der Waals surface area contributed by atoms with Gasteiger partial charge in [-0.15, -0.1) is 0 Å². The van der Waals surface area contributed by atoms with Gasteiger partial charge in [0.15, 0.2) is 0 Å². The second-order valence-corrected chi connectivity index (χ2v) is 8.39. The number of aryl methyl sites for hydroxylation is 1. The molecule has 0 N–H and O–H groups in total. The molecule has 1 saturated heterocycles. The van der Waals surface area contributed by atoms with Crippen molar-refractivity contribution < 1.29 is 4.39 Å². The van der Waals surface area contributed by atoms with E-state index in [0.29, 0.717) is 41.7 Å². The third-order valence-electron chi connectivity index (χ3n) is 6.84. The monoisotopic (exact) mass is 393 g/mol. The molecule has 0 radical (unpaired) electrons. The van der Waals surface area contributed by atoms with Crippen LogP contribution in [0, 0.1) is 17.7 Å². The lowest BCUT2D eigenvalue weighted by Gasteiger charge is -2.40. The average molecular weight is 393 g/mol. The number of halogens is 1. The first kappa shape index (κ1) is 18.3. The standard InChI is InChI=1S/C23H24FN3O2/c1-25-21-5-3-2-4-18(21)22(28)27(23(25)29)11-10-26-13-16-12-19(20(16)14-26)15-6-8-17(24)9-7-15/h2-9,16,19-20H,10-14H2,1H3. The number of likely N-dealkylation sites (tertiary alicyclic amines) is 1. The van der Waals surface area contributed by atoms with Crippen LogP contribution in [0.2, 0.25) is 0 Å². The number of hydrogen-bond acceptors (Lipinski definition) is 3. The molecule has 1 aromatic heterocycles. The van der Waals surface area contributed by atoms with Gasteiger partial charge in [-0.05, 0) is 54.0 Å². The van der Waals surface area contributed by atoms with Gasteiger partial charge in [-0.25, -0.2) is 9.18 Å². The Labute approximate surface area is 168 Å². The molecule has 0 bridgehead atoms. The lowest BCUT2D eigenvalue weighted by Crippen LogP contribution is -2.41. The van der Waals surface area contributed by atoms with Crippen molar-refractivity contribution in [3.8, 4) is 0 Å². The Morgan fingerprint density at radius 3 is 2.55 bits per heavy atom. The summed E-state index contributed by atoms with van der Waals surface area (Å²) in [6.07, 6.45) is 1.13. The van der Waals surface area contributed by atoms with Gasteiger partial charge in [-0.3, -0.25) is 13.9 Å². The molecular weight excluding hydrogens is 369 g/mol. The third-order valence-corrected chi connectivity index (χ3v) is 6.84. The summed E-state index contributed by atoms with van der Waals surface area (Å²) in [4.78, 5) is 27.9. The van der Waals surface area contributed by atoms with Crippen LogP contribution in [0.25, 0.3) is 10.9 Å². The van der Waals surface area contributed by atoms with Gasteiger partial charge in [0.05, 0.1) is 10.9 Å². The first-order chi connectivity index (χ1) is 14.0. The Bertz CT molecular complexity index is 1180. The minimum atomic E-state index is -0.264. The Morgan fingerprint density at radius 2 is 1.76 bits per heavy atom. The van der Waals surface area contributed by atoms with Crippen LogP contribution in [0.4, 0.5) is 4.39 Å². The number of nitrogens with zero attached hydrogens (tertiary/aromatic N) is 3. The predicted octanol–water partition coefficient (Wildman–Crippen LogP) is 2.57. The first-order valence-corrected chi connectivity index (χ1v) is 10.2. The lowest BCUT2D eigenvalue weighted by atomic mass is 9.64. The highest BCUT2D eigenvalue weighted by molar-refractivity contribution is 5.77. The summed E-state index contributed by atoms with van der Waals surface area (Å²) in [6, 6.07) is 14.1. The van der Waals surface area contributed by atoms with Crippen LogP contribution in [-0.4, -0.2) is 33.7 Å². The summed E-state index contributed by atoms with van der Waals surface area (Å²) < 4.78 is 16.1. The predicted molar refractivity (Wildman–Crippen MR) is 111 cm³/mol. The molecule has 1 aliphatic carbocycles. The molecule has 5 rings (SSSR count). The number of benzene rings is 2. The van der Waals surface area contributed by atoms with Gasteiger partial charge >= 0.3 is 5.69 Å². The Kier molecular flexibility index (Phi) is 4.39. The fourth-order valence-electron chi connectivity index (χ4n) is 5.18. The highest BCUT2D eigenvalue weighted by atomic mass is 19.1. The summed E-state index contributed by atoms with van der Waals surface area (Å²) in [7, 11) is 1.71. The van der Waals surface area contributed by atoms with E-state index in [1.54, 1.807) is 23.7 Å². The molecule has 0 amide bonds. The van der Waals surface area contributed by atoms with E-state index >= 15 is 0 Å². The quantitative estimate of drug-likeness (QED) is 0.685. The number of fused-ring (bicyclic) bond motifs is 2. The van der Waals surface area contributed by atoms with E-state index < -0.39 is 0 Å². The normalized spacial score (nSPS) is 23.9. The number of para-hydroxylation sites is 1. The fraction of sp³-hybridized carbons (Fsp3) is 0.391. The number of aromatic nitrogens is 2. The maximum atomic E-state index is 13.2. The topological polar surface area (TPSA) is 47.2 Å². The van der Waals surface area contributed by atoms with Gasteiger partial charge in [0, 0.05) is 33.2 Å². The summed E-state index contributed by atoms with van der Waals surface area (Å²) >= 11 is 0. The highest BCUT2D eigenvalue weighted by Gasteiger charge is 2.47. The average Bonchev–Trinajstić information content (AvgIpc) is 3.04. The molecule has 3 unspecified atom stereocenters. The Balaban J connectivity index is 1.30. The molecule has 2 heterocycles. The van der Waals surface area contributed by atoms with Crippen molar-refractivity contribution in [2.75, 3.05) is 19.6 Å². The zero-order chi connectivity index (χ0) is 20.1. The van der Waals surface area contributed by atoms with Crippen LogP contribution in [0.3, 0.4) is 0 Å². The van der Waals surface area contributed by atoms with Crippen molar-refractivity contribution in [1.82, 2.24) is 14.0 Å². The van der Waals surface area contributed by atoms with Crippen molar-refractivity contribution in [3.63, 3.8) is 0 Å². The zero-order valence-electron chi connectivity index (χ0n) is 16.4. The van der Waals surface area contributed by atoms with Crippen LogP contribution >= 0.6 is 0 Å². The van der Waals surface area contributed by atoms with Crippen LogP contribution in [-0.2, 0) is 13.6 Å². The molecule has 1 saturated carbocycles. The zero-order valence-corrected chi connectivity index (χ0v) is 16.4. The molecule has 3 atom stereocenters. The molecule has 1 aliphatic heterocycles. The molecule has 29 heavy (non-hydrogen) atoms. The molecule has 2 fully saturated rings. The molecular formula is C23H24FN3O2. The minimum absolute atomic E-state index is 0.194. The van der Waals surface area contributed by atoms with Gasteiger partial charge in [-0.1, -0.05) is 24.3 Å². The van der Waals surface area contributed by atoms with E-state index in [9.17, 15) is 14.0 Å². The SMILES string of the molecule is Cn1c(=O)n(CCN2CC3CC(c4ccc(F)cc4)C3C2)c(=O)c2ccccc21. The van der Waals surface area contributed by atoms with Gasteiger partial charge in [0.25, 0.3) is 5.56 Å². The second kappa shape index (κ2) is 6.95. The first-order valence-electron chi connectivity index (χ1n) is 10.2. The molecule has 0 spiro atoms. The number of hydrogen-bond donors (Lipinski definition) is 0. The van der Waals surface area contributed by atoms with Crippen molar-refractivity contribution in [2.45, 2.75) is 18.9 Å². The number of rotatable bonds is 4. The van der Waals surface area contributed by atoms with E-state index in [1.165, 1.54) is 22.3 Å². The maximum absolute atomic E-state index is 13.2. The molecule has 5 nitrogen and oxygen atoms in total. The van der Waals surface area contributed by atoms with Crippen molar-refractivity contribution >= 4 is 10.9 Å². The molecule has 3 aromatic rings. The van der Waals surface area contributed by atoms with E-state index in [-0.39, 0.29) is 17.1 Å².